The number of piperazine rings is 1. The maximum absolute atomic E-state index is 10.9. The maximum Gasteiger partial charge on any atom is 0.407 e. The van der Waals surface area contributed by atoms with Crippen LogP contribution in [0.1, 0.15) is 6.92 Å². The summed E-state index contributed by atoms with van der Waals surface area (Å²) >= 11 is 3.45. The molecule has 4 nitrogen and oxygen atoms in total. The van der Waals surface area contributed by atoms with Gasteiger partial charge in [-0.2, -0.15) is 0 Å². The summed E-state index contributed by atoms with van der Waals surface area (Å²) < 4.78 is 1.04. The summed E-state index contributed by atoms with van der Waals surface area (Å²) in [5.41, 5.74) is 1.14. The first-order valence-electron chi connectivity index (χ1n) is 5.58. The molecule has 0 radical (unpaired) electrons. The van der Waals surface area contributed by atoms with Gasteiger partial charge in [-0.25, -0.2) is 4.79 Å². The number of carboxylic acid groups (broad SMARTS) is 1. The van der Waals surface area contributed by atoms with Crippen LogP contribution in [0.2, 0.25) is 0 Å². The Morgan fingerprint density at radius 2 is 2.24 bits per heavy atom. The fourth-order valence-electron chi connectivity index (χ4n) is 2.17. The smallest absolute Gasteiger partial charge is 0.407 e. The van der Waals surface area contributed by atoms with Crippen LogP contribution in [0, 0.1) is 0 Å². The Morgan fingerprint density at radius 3 is 2.82 bits per heavy atom. The standard InChI is InChI=1S/C12H15BrN2O2/c1-9-8-14(12(16)17)5-6-15(9)11-4-2-3-10(13)7-11/h2-4,7,9H,5-6,8H2,1H3,(H,16,17)/t9-/m1/s1. The number of hydrogen-bond acceptors (Lipinski definition) is 2. The Kier molecular flexibility index (Phi) is 3.57. The van der Waals surface area contributed by atoms with Gasteiger partial charge in [-0.3, -0.25) is 0 Å². The van der Waals surface area contributed by atoms with Gasteiger partial charge in [-0.05, 0) is 25.1 Å². The van der Waals surface area contributed by atoms with Gasteiger partial charge in [0.15, 0.2) is 0 Å². The van der Waals surface area contributed by atoms with Crippen molar-refractivity contribution in [2.45, 2.75) is 13.0 Å². The molecule has 1 fully saturated rings. The molecule has 1 N–H and O–H groups in total. The third kappa shape index (κ3) is 2.72. The Labute approximate surface area is 109 Å². The van der Waals surface area contributed by atoms with Crippen molar-refractivity contribution in [2.75, 3.05) is 24.5 Å². The summed E-state index contributed by atoms with van der Waals surface area (Å²) in [6.07, 6.45) is -0.828. The summed E-state index contributed by atoms with van der Waals surface area (Å²) in [6.45, 7) is 3.91. The molecule has 5 heteroatoms. The van der Waals surface area contributed by atoms with Crippen molar-refractivity contribution in [3.05, 3.63) is 28.7 Å². The average molecular weight is 299 g/mol. The van der Waals surface area contributed by atoms with E-state index in [9.17, 15) is 4.79 Å². The Balaban J connectivity index is 2.12. The molecule has 2 rings (SSSR count). The molecule has 1 aromatic rings. The van der Waals surface area contributed by atoms with Crippen molar-refractivity contribution in [2.24, 2.45) is 0 Å². The molecule has 0 spiro atoms. The molecule has 1 aliphatic heterocycles. The average Bonchev–Trinajstić information content (AvgIpc) is 2.28. The highest BCUT2D eigenvalue weighted by molar-refractivity contribution is 9.10. The molecular weight excluding hydrogens is 284 g/mol. The van der Waals surface area contributed by atoms with Crippen LogP contribution in [0.3, 0.4) is 0 Å². The fraction of sp³-hybridized carbons (Fsp3) is 0.417. The van der Waals surface area contributed by atoms with Crippen LogP contribution in [0.15, 0.2) is 28.7 Å². The lowest BCUT2D eigenvalue weighted by Gasteiger charge is -2.40. The van der Waals surface area contributed by atoms with Crippen molar-refractivity contribution in [3.63, 3.8) is 0 Å². The van der Waals surface area contributed by atoms with E-state index in [1.54, 1.807) is 0 Å². The van der Waals surface area contributed by atoms with Crippen molar-refractivity contribution >= 4 is 27.7 Å². The van der Waals surface area contributed by atoms with Crippen LogP contribution in [0.5, 0.6) is 0 Å². The number of amides is 1. The van der Waals surface area contributed by atoms with E-state index in [2.05, 4.69) is 39.9 Å². The number of nitrogens with zero attached hydrogens (tertiary/aromatic N) is 2. The van der Waals surface area contributed by atoms with Crippen LogP contribution in [-0.4, -0.2) is 41.8 Å². The lowest BCUT2D eigenvalue weighted by molar-refractivity contribution is 0.136. The fourth-order valence-corrected chi connectivity index (χ4v) is 2.56. The second kappa shape index (κ2) is 4.96. The minimum atomic E-state index is -0.828. The second-order valence-electron chi connectivity index (χ2n) is 4.25. The van der Waals surface area contributed by atoms with Crippen LogP contribution in [-0.2, 0) is 0 Å². The summed E-state index contributed by atoms with van der Waals surface area (Å²) in [4.78, 5) is 14.6. The molecule has 0 bridgehead atoms. The second-order valence-corrected chi connectivity index (χ2v) is 5.17. The van der Waals surface area contributed by atoms with E-state index in [1.165, 1.54) is 4.90 Å². The van der Waals surface area contributed by atoms with E-state index in [0.29, 0.717) is 13.1 Å². The number of benzene rings is 1. The molecule has 0 aliphatic carbocycles. The lowest BCUT2D eigenvalue weighted by atomic mass is 10.1. The van der Waals surface area contributed by atoms with E-state index in [-0.39, 0.29) is 6.04 Å². The molecule has 0 unspecified atom stereocenters. The molecule has 1 atom stereocenters. The highest BCUT2D eigenvalue weighted by Gasteiger charge is 2.26. The van der Waals surface area contributed by atoms with E-state index in [0.717, 1.165) is 16.7 Å². The molecule has 1 heterocycles. The van der Waals surface area contributed by atoms with Crippen LogP contribution in [0.25, 0.3) is 0 Å². The largest absolute Gasteiger partial charge is 0.465 e. The van der Waals surface area contributed by atoms with Gasteiger partial charge in [-0.15, -0.1) is 0 Å². The molecule has 1 aliphatic rings. The molecule has 0 saturated carbocycles. The number of hydrogen-bond donors (Lipinski definition) is 1. The van der Waals surface area contributed by atoms with Gasteiger partial charge in [0.1, 0.15) is 0 Å². The van der Waals surface area contributed by atoms with Gasteiger partial charge < -0.3 is 14.9 Å². The highest BCUT2D eigenvalue weighted by Crippen LogP contribution is 2.23. The summed E-state index contributed by atoms with van der Waals surface area (Å²) in [7, 11) is 0. The van der Waals surface area contributed by atoms with Crippen LogP contribution < -0.4 is 4.90 Å². The van der Waals surface area contributed by atoms with E-state index in [1.807, 2.05) is 12.1 Å². The van der Waals surface area contributed by atoms with Gasteiger partial charge in [0.05, 0.1) is 0 Å². The minimum Gasteiger partial charge on any atom is -0.465 e. The van der Waals surface area contributed by atoms with Crippen LogP contribution in [0.4, 0.5) is 10.5 Å². The van der Waals surface area contributed by atoms with E-state index in [4.69, 9.17) is 5.11 Å². The Bertz CT molecular complexity index is 425. The third-order valence-corrected chi connectivity index (χ3v) is 3.53. The van der Waals surface area contributed by atoms with Gasteiger partial charge in [0, 0.05) is 35.8 Å². The lowest BCUT2D eigenvalue weighted by Crippen LogP contribution is -2.53. The van der Waals surface area contributed by atoms with Crippen molar-refractivity contribution in [3.8, 4) is 0 Å². The van der Waals surface area contributed by atoms with Crippen molar-refractivity contribution in [1.29, 1.82) is 0 Å². The highest BCUT2D eigenvalue weighted by atomic mass is 79.9. The number of halogens is 1. The van der Waals surface area contributed by atoms with Crippen molar-refractivity contribution in [1.82, 2.24) is 4.90 Å². The topological polar surface area (TPSA) is 43.8 Å². The number of rotatable bonds is 1. The summed E-state index contributed by atoms with van der Waals surface area (Å²) in [5.74, 6) is 0. The summed E-state index contributed by atoms with van der Waals surface area (Å²) in [6, 6.07) is 8.30. The molecule has 0 aromatic heterocycles. The predicted molar refractivity (Wildman–Crippen MR) is 70.5 cm³/mol. The van der Waals surface area contributed by atoms with Gasteiger partial charge in [0.25, 0.3) is 0 Å². The van der Waals surface area contributed by atoms with Gasteiger partial charge in [-0.1, -0.05) is 22.0 Å². The minimum absolute atomic E-state index is 0.203. The third-order valence-electron chi connectivity index (χ3n) is 3.04. The van der Waals surface area contributed by atoms with Crippen LogP contribution >= 0.6 is 15.9 Å². The normalized spacial score (nSPS) is 20.5. The summed E-state index contributed by atoms with van der Waals surface area (Å²) in [5, 5.41) is 8.96. The first kappa shape index (κ1) is 12.2. The zero-order valence-electron chi connectivity index (χ0n) is 9.64. The molecule has 17 heavy (non-hydrogen) atoms. The Hall–Kier alpha value is -1.23. The zero-order valence-corrected chi connectivity index (χ0v) is 11.2. The predicted octanol–water partition coefficient (Wildman–Crippen LogP) is 2.64. The maximum atomic E-state index is 10.9. The monoisotopic (exact) mass is 298 g/mol. The molecule has 1 saturated heterocycles. The first-order valence-corrected chi connectivity index (χ1v) is 6.37. The SMILES string of the molecule is C[C@@H]1CN(C(=O)O)CCN1c1cccc(Br)c1. The number of anilines is 1. The van der Waals surface area contributed by atoms with E-state index >= 15 is 0 Å². The molecule has 92 valence electrons. The van der Waals surface area contributed by atoms with Gasteiger partial charge in [0.2, 0.25) is 0 Å². The molecule has 1 aromatic carbocycles. The molecule has 1 amide bonds. The first-order chi connectivity index (χ1) is 8.08. The Morgan fingerprint density at radius 1 is 1.47 bits per heavy atom. The van der Waals surface area contributed by atoms with E-state index < -0.39 is 6.09 Å². The van der Waals surface area contributed by atoms with Crippen molar-refractivity contribution < 1.29 is 9.90 Å². The molecular formula is C12H15BrN2O2. The quantitative estimate of drug-likeness (QED) is 0.867. The van der Waals surface area contributed by atoms with Gasteiger partial charge >= 0.3 is 6.09 Å². The number of carbonyl (C=O) groups is 1. The zero-order chi connectivity index (χ0) is 12.4.